The van der Waals surface area contributed by atoms with Crippen molar-refractivity contribution >= 4 is 17.0 Å². The van der Waals surface area contributed by atoms with Crippen molar-refractivity contribution in [3.8, 4) is 0 Å². The third-order valence-corrected chi connectivity index (χ3v) is 3.18. The normalized spacial score (nSPS) is 11.7. The van der Waals surface area contributed by atoms with E-state index in [9.17, 15) is 8.78 Å². The molecule has 0 bridgehead atoms. The number of rotatable bonds is 6. The summed E-state index contributed by atoms with van der Waals surface area (Å²) in [6.07, 6.45) is 0. The van der Waals surface area contributed by atoms with Gasteiger partial charge < -0.3 is 19.9 Å². The Bertz CT molecular complexity index is 600. The summed E-state index contributed by atoms with van der Waals surface area (Å²) in [6.45, 7) is 2.58. The molecule has 2 rings (SSSR count). The summed E-state index contributed by atoms with van der Waals surface area (Å²) < 4.78 is 33.5. The Kier molecular flexibility index (Phi) is 4.51. The van der Waals surface area contributed by atoms with E-state index < -0.39 is 11.6 Å². The molecule has 0 saturated carbocycles. The molecule has 1 aromatic carbocycles. The highest BCUT2D eigenvalue weighted by atomic mass is 19.1. The third kappa shape index (κ3) is 3.05. The lowest BCUT2D eigenvalue weighted by Gasteiger charge is -2.17. The van der Waals surface area contributed by atoms with Crippen LogP contribution in [-0.4, -0.2) is 48.3 Å². The van der Waals surface area contributed by atoms with Gasteiger partial charge in [-0.05, 0) is 7.05 Å². The number of anilines is 1. The minimum Gasteiger partial charge on any atom is -0.383 e. The molecule has 2 aromatic rings. The minimum atomic E-state index is -0.696. The van der Waals surface area contributed by atoms with Crippen LogP contribution in [0.4, 0.5) is 14.7 Å². The quantitative estimate of drug-likeness (QED) is 0.873. The number of nitrogens with zero attached hydrogens (tertiary/aromatic N) is 3. The second-order valence-electron chi connectivity index (χ2n) is 4.67. The molecule has 7 heteroatoms. The molecule has 1 heterocycles. The van der Waals surface area contributed by atoms with E-state index in [1.807, 2.05) is 11.9 Å². The van der Waals surface area contributed by atoms with Gasteiger partial charge in [0.05, 0.1) is 12.1 Å². The van der Waals surface area contributed by atoms with E-state index in [1.54, 1.807) is 11.7 Å². The number of nitrogens with two attached hydrogens (primary N) is 1. The summed E-state index contributed by atoms with van der Waals surface area (Å²) in [5, 5.41) is 0. The second kappa shape index (κ2) is 6.15. The molecular weight excluding hydrogens is 266 g/mol. The van der Waals surface area contributed by atoms with Gasteiger partial charge in [-0.3, -0.25) is 0 Å². The number of ether oxygens (including phenoxy) is 1. The fraction of sp³-hybridized carbons (Fsp3) is 0.462. The van der Waals surface area contributed by atoms with E-state index in [4.69, 9.17) is 10.5 Å². The van der Waals surface area contributed by atoms with Crippen LogP contribution in [0.25, 0.3) is 11.0 Å². The van der Waals surface area contributed by atoms with Crippen LogP contribution in [0.15, 0.2) is 12.1 Å². The molecule has 0 amide bonds. The maximum atomic E-state index is 13.6. The van der Waals surface area contributed by atoms with Gasteiger partial charge in [-0.25, -0.2) is 13.8 Å². The van der Waals surface area contributed by atoms with Crippen molar-refractivity contribution in [2.45, 2.75) is 6.54 Å². The van der Waals surface area contributed by atoms with Crippen molar-refractivity contribution in [2.75, 3.05) is 39.6 Å². The Balaban J connectivity index is 2.19. The Labute approximate surface area is 115 Å². The van der Waals surface area contributed by atoms with Gasteiger partial charge in [0.25, 0.3) is 0 Å². The van der Waals surface area contributed by atoms with Crippen molar-refractivity contribution in [3.05, 3.63) is 23.8 Å². The molecule has 0 aliphatic heterocycles. The molecule has 0 spiro atoms. The maximum Gasteiger partial charge on any atom is 0.201 e. The van der Waals surface area contributed by atoms with Gasteiger partial charge in [0.2, 0.25) is 5.95 Å². The molecule has 20 heavy (non-hydrogen) atoms. The zero-order valence-corrected chi connectivity index (χ0v) is 11.6. The summed E-state index contributed by atoms with van der Waals surface area (Å²) in [5.74, 6) is -1.15. The first-order valence-corrected chi connectivity index (χ1v) is 6.31. The van der Waals surface area contributed by atoms with E-state index in [-0.39, 0.29) is 11.5 Å². The molecule has 0 saturated heterocycles. The SMILES string of the molecule is COCCN(C)CCn1c(N)nc2c(F)cc(F)cc21. The largest absolute Gasteiger partial charge is 0.383 e. The second-order valence-corrected chi connectivity index (χ2v) is 4.67. The number of benzene rings is 1. The average molecular weight is 284 g/mol. The van der Waals surface area contributed by atoms with E-state index >= 15 is 0 Å². The van der Waals surface area contributed by atoms with E-state index in [2.05, 4.69) is 4.98 Å². The predicted octanol–water partition coefficient (Wildman–Crippen LogP) is 1.47. The van der Waals surface area contributed by atoms with Crippen LogP contribution in [0.5, 0.6) is 0 Å². The predicted molar refractivity (Wildman–Crippen MR) is 73.4 cm³/mol. The maximum absolute atomic E-state index is 13.6. The summed E-state index contributed by atoms with van der Waals surface area (Å²) in [5.41, 5.74) is 6.25. The highest BCUT2D eigenvalue weighted by Crippen LogP contribution is 2.22. The van der Waals surface area contributed by atoms with Crippen LogP contribution in [-0.2, 0) is 11.3 Å². The first-order valence-electron chi connectivity index (χ1n) is 6.31. The fourth-order valence-corrected chi connectivity index (χ4v) is 2.03. The molecule has 0 aliphatic rings. The Morgan fingerprint density at radius 2 is 2.10 bits per heavy atom. The van der Waals surface area contributed by atoms with Crippen molar-refractivity contribution in [1.29, 1.82) is 0 Å². The highest BCUT2D eigenvalue weighted by Gasteiger charge is 2.14. The van der Waals surface area contributed by atoms with Crippen LogP contribution < -0.4 is 5.73 Å². The topological polar surface area (TPSA) is 56.3 Å². The number of imidazole rings is 1. The number of aromatic nitrogens is 2. The molecule has 0 unspecified atom stereocenters. The van der Waals surface area contributed by atoms with Crippen LogP contribution in [0.3, 0.4) is 0 Å². The monoisotopic (exact) mass is 284 g/mol. The number of methoxy groups -OCH3 is 1. The van der Waals surface area contributed by atoms with Crippen LogP contribution >= 0.6 is 0 Å². The lowest BCUT2D eigenvalue weighted by molar-refractivity contribution is 0.159. The fourth-order valence-electron chi connectivity index (χ4n) is 2.03. The first kappa shape index (κ1) is 14.7. The van der Waals surface area contributed by atoms with Gasteiger partial charge in [-0.15, -0.1) is 0 Å². The Morgan fingerprint density at radius 1 is 1.35 bits per heavy atom. The molecule has 0 aliphatic carbocycles. The number of fused-ring (bicyclic) bond motifs is 1. The van der Waals surface area contributed by atoms with Crippen molar-refractivity contribution < 1.29 is 13.5 Å². The van der Waals surface area contributed by atoms with Crippen molar-refractivity contribution in [2.24, 2.45) is 0 Å². The van der Waals surface area contributed by atoms with Gasteiger partial charge in [0.15, 0.2) is 5.82 Å². The zero-order valence-electron chi connectivity index (χ0n) is 11.6. The molecule has 0 atom stereocenters. The van der Waals surface area contributed by atoms with Crippen LogP contribution in [0.2, 0.25) is 0 Å². The van der Waals surface area contributed by atoms with Gasteiger partial charge in [-0.2, -0.15) is 0 Å². The Hall–Kier alpha value is -1.73. The summed E-state index contributed by atoms with van der Waals surface area (Å²) in [4.78, 5) is 6.00. The number of hydrogen-bond acceptors (Lipinski definition) is 4. The van der Waals surface area contributed by atoms with Crippen molar-refractivity contribution in [3.63, 3.8) is 0 Å². The zero-order chi connectivity index (χ0) is 14.7. The number of likely N-dealkylation sites (N-methyl/N-ethyl adjacent to an activating group) is 1. The van der Waals surface area contributed by atoms with Gasteiger partial charge in [-0.1, -0.05) is 0 Å². The number of nitrogen functional groups attached to an aromatic ring is 1. The molecule has 0 radical (unpaired) electrons. The average Bonchev–Trinajstić information content (AvgIpc) is 2.70. The molecule has 1 aromatic heterocycles. The van der Waals surface area contributed by atoms with E-state index in [0.717, 1.165) is 12.6 Å². The molecule has 2 N–H and O–H groups in total. The van der Waals surface area contributed by atoms with Gasteiger partial charge in [0.1, 0.15) is 11.3 Å². The first-order chi connectivity index (χ1) is 9.52. The number of hydrogen-bond donors (Lipinski definition) is 1. The van der Waals surface area contributed by atoms with Crippen LogP contribution in [0, 0.1) is 11.6 Å². The lowest BCUT2D eigenvalue weighted by atomic mass is 10.3. The number of halogens is 2. The Morgan fingerprint density at radius 3 is 2.80 bits per heavy atom. The van der Waals surface area contributed by atoms with E-state index in [1.165, 1.54) is 6.07 Å². The van der Waals surface area contributed by atoms with Gasteiger partial charge in [0, 0.05) is 38.9 Å². The minimum absolute atomic E-state index is 0.100. The van der Waals surface area contributed by atoms with Crippen LogP contribution in [0.1, 0.15) is 0 Å². The van der Waals surface area contributed by atoms with E-state index in [0.29, 0.717) is 25.2 Å². The summed E-state index contributed by atoms with van der Waals surface area (Å²) in [6, 6.07) is 2.06. The smallest absolute Gasteiger partial charge is 0.201 e. The summed E-state index contributed by atoms with van der Waals surface area (Å²) >= 11 is 0. The standard InChI is InChI=1S/C13H18F2N4O/c1-18(5-6-20-2)3-4-19-11-8-9(14)7-10(15)12(11)17-13(19)16/h7-8H,3-6H2,1-2H3,(H2,16,17). The summed E-state index contributed by atoms with van der Waals surface area (Å²) in [7, 11) is 3.58. The molecule has 110 valence electrons. The lowest BCUT2D eigenvalue weighted by Crippen LogP contribution is -2.27. The third-order valence-electron chi connectivity index (χ3n) is 3.18. The molecule has 5 nitrogen and oxygen atoms in total. The molecule has 0 fully saturated rings. The molecular formula is C13H18F2N4O. The highest BCUT2D eigenvalue weighted by molar-refractivity contribution is 5.79. The van der Waals surface area contributed by atoms with Crippen molar-refractivity contribution in [1.82, 2.24) is 14.5 Å². The van der Waals surface area contributed by atoms with Gasteiger partial charge >= 0.3 is 0 Å².